The fraction of sp³-hybridized carbons (Fsp3) is 0.909. The number of hydrogen-bond acceptors (Lipinski definition) is 2. The Morgan fingerprint density at radius 2 is 2.00 bits per heavy atom. The Kier molecular flexibility index (Phi) is 2.77. The average Bonchev–Trinajstić information content (AvgIpc) is 2.44. The fourth-order valence-electron chi connectivity index (χ4n) is 2.66. The molecule has 2 saturated carbocycles. The molecule has 0 aromatic carbocycles. The van der Waals surface area contributed by atoms with Crippen LogP contribution in [0.2, 0.25) is 0 Å². The van der Waals surface area contributed by atoms with E-state index >= 15 is 0 Å². The number of hydrogen-bond donors (Lipinski definition) is 2. The average molecular weight is 197 g/mol. The van der Waals surface area contributed by atoms with Crippen LogP contribution < -0.4 is 5.32 Å². The van der Waals surface area contributed by atoms with Crippen LogP contribution in [0.5, 0.6) is 0 Å². The van der Waals surface area contributed by atoms with E-state index in [2.05, 4.69) is 12.2 Å². The largest absolute Gasteiger partial charge is 0.481 e. The molecule has 14 heavy (non-hydrogen) atoms. The van der Waals surface area contributed by atoms with Crippen LogP contribution in [0.4, 0.5) is 0 Å². The molecule has 2 aliphatic rings. The predicted octanol–water partition coefficient (Wildman–Crippen LogP) is 1.63. The van der Waals surface area contributed by atoms with Gasteiger partial charge in [0.1, 0.15) is 0 Å². The molecule has 0 saturated heterocycles. The molecule has 0 amide bonds. The lowest BCUT2D eigenvalue weighted by molar-refractivity contribution is -0.146. The summed E-state index contributed by atoms with van der Waals surface area (Å²) in [7, 11) is 0. The summed E-state index contributed by atoms with van der Waals surface area (Å²) in [6, 6.07) is 0.820. The van der Waals surface area contributed by atoms with E-state index in [-0.39, 0.29) is 12.0 Å². The first-order chi connectivity index (χ1) is 6.68. The van der Waals surface area contributed by atoms with Crippen LogP contribution >= 0.6 is 0 Å². The van der Waals surface area contributed by atoms with E-state index in [0.29, 0.717) is 6.04 Å². The summed E-state index contributed by atoms with van der Waals surface area (Å²) >= 11 is 0. The van der Waals surface area contributed by atoms with Gasteiger partial charge in [0.15, 0.2) is 0 Å². The monoisotopic (exact) mass is 197 g/mol. The van der Waals surface area contributed by atoms with Gasteiger partial charge in [-0.2, -0.15) is 0 Å². The molecule has 0 bridgehead atoms. The zero-order valence-corrected chi connectivity index (χ0v) is 8.70. The van der Waals surface area contributed by atoms with Crippen molar-refractivity contribution in [3.05, 3.63) is 0 Å². The molecule has 0 aromatic heterocycles. The number of carboxylic acid groups (broad SMARTS) is 1. The first-order valence-electron chi connectivity index (χ1n) is 5.67. The van der Waals surface area contributed by atoms with Crippen molar-refractivity contribution < 1.29 is 9.90 Å². The smallest absolute Gasteiger partial charge is 0.308 e. The molecule has 2 aliphatic carbocycles. The molecule has 2 rings (SSSR count). The molecule has 80 valence electrons. The summed E-state index contributed by atoms with van der Waals surface area (Å²) in [5, 5.41) is 12.4. The van der Waals surface area contributed by atoms with Gasteiger partial charge in [-0.1, -0.05) is 13.3 Å². The lowest BCUT2D eigenvalue weighted by Crippen LogP contribution is -2.52. The third-order valence-electron chi connectivity index (χ3n) is 3.88. The summed E-state index contributed by atoms with van der Waals surface area (Å²) < 4.78 is 0. The second-order valence-electron chi connectivity index (χ2n) is 4.81. The second-order valence-corrected chi connectivity index (χ2v) is 4.81. The van der Waals surface area contributed by atoms with Gasteiger partial charge < -0.3 is 10.4 Å². The van der Waals surface area contributed by atoms with Gasteiger partial charge in [0.2, 0.25) is 0 Å². The maximum atomic E-state index is 10.8. The van der Waals surface area contributed by atoms with Crippen molar-refractivity contribution in [3.8, 4) is 0 Å². The van der Waals surface area contributed by atoms with Crippen molar-refractivity contribution in [1.82, 2.24) is 5.32 Å². The minimum atomic E-state index is -0.626. The highest BCUT2D eigenvalue weighted by Crippen LogP contribution is 2.32. The summed E-state index contributed by atoms with van der Waals surface area (Å²) in [5.41, 5.74) is 0. The van der Waals surface area contributed by atoms with Gasteiger partial charge in [0.05, 0.1) is 5.92 Å². The highest BCUT2D eigenvalue weighted by molar-refractivity contribution is 5.72. The van der Waals surface area contributed by atoms with Crippen LogP contribution in [0, 0.1) is 11.8 Å². The summed E-state index contributed by atoms with van der Waals surface area (Å²) in [6.07, 6.45) is 5.71. The van der Waals surface area contributed by atoms with E-state index < -0.39 is 5.97 Å². The first kappa shape index (κ1) is 9.97. The van der Waals surface area contributed by atoms with Crippen molar-refractivity contribution in [2.45, 2.75) is 51.1 Å². The van der Waals surface area contributed by atoms with Crippen LogP contribution in [-0.2, 0) is 4.79 Å². The Morgan fingerprint density at radius 3 is 2.43 bits per heavy atom. The van der Waals surface area contributed by atoms with E-state index in [4.69, 9.17) is 5.11 Å². The first-order valence-corrected chi connectivity index (χ1v) is 5.67. The molecule has 3 nitrogen and oxygen atoms in total. The predicted molar refractivity (Wildman–Crippen MR) is 54.1 cm³/mol. The van der Waals surface area contributed by atoms with E-state index in [0.717, 1.165) is 18.8 Å². The number of nitrogens with one attached hydrogen (secondary N) is 1. The third-order valence-corrected chi connectivity index (χ3v) is 3.88. The molecule has 0 spiro atoms. The third kappa shape index (κ3) is 1.78. The van der Waals surface area contributed by atoms with Gasteiger partial charge in [0, 0.05) is 12.1 Å². The molecule has 4 atom stereocenters. The molecule has 4 unspecified atom stereocenters. The van der Waals surface area contributed by atoms with E-state index in [1.165, 1.54) is 19.3 Å². The van der Waals surface area contributed by atoms with Gasteiger partial charge in [-0.05, 0) is 31.6 Å². The van der Waals surface area contributed by atoms with Crippen molar-refractivity contribution >= 4 is 5.97 Å². The summed E-state index contributed by atoms with van der Waals surface area (Å²) in [4.78, 5) is 10.8. The normalized spacial score (nSPS) is 42.1. The maximum absolute atomic E-state index is 10.8. The van der Waals surface area contributed by atoms with E-state index in [1.54, 1.807) is 0 Å². The Bertz CT molecular complexity index is 229. The van der Waals surface area contributed by atoms with E-state index in [9.17, 15) is 4.79 Å². The zero-order valence-electron chi connectivity index (χ0n) is 8.70. The Balaban J connectivity index is 1.83. The van der Waals surface area contributed by atoms with Crippen molar-refractivity contribution in [2.75, 3.05) is 0 Å². The number of aliphatic carboxylic acids is 1. The lowest BCUT2D eigenvalue weighted by Gasteiger charge is -2.37. The zero-order chi connectivity index (χ0) is 10.1. The number of carbonyl (C=O) groups is 1. The molecule has 3 heteroatoms. The molecule has 0 aromatic rings. The minimum Gasteiger partial charge on any atom is -0.481 e. The molecular weight excluding hydrogens is 178 g/mol. The lowest BCUT2D eigenvalue weighted by atomic mass is 9.79. The van der Waals surface area contributed by atoms with Crippen LogP contribution in [0.15, 0.2) is 0 Å². The quantitative estimate of drug-likeness (QED) is 0.723. The summed E-state index contributed by atoms with van der Waals surface area (Å²) in [6.45, 7) is 2.26. The Hall–Kier alpha value is -0.570. The van der Waals surface area contributed by atoms with Crippen molar-refractivity contribution in [1.29, 1.82) is 0 Å². The second kappa shape index (κ2) is 3.89. The van der Waals surface area contributed by atoms with Crippen LogP contribution in [0.3, 0.4) is 0 Å². The maximum Gasteiger partial charge on any atom is 0.308 e. The highest BCUT2D eigenvalue weighted by Gasteiger charge is 2.38. The standard InChI is InChI=1S/C11H19NO2/c1-7-3-2-4-9(7)12-10-6-5-8(10)11(13)14/h7-10,12H,2-6H2,1H3,(H,13,14). The summed E-state index contributed by atoms with van der Waals surface area (Å²) in [5.74, 6) is -0.0211. The van der Waals surface area contributed by atoms with Crippen molar-refractivity contribution in [3.63, 3.8) is 0 Å². The Labute approximate surface area is 84.9 Å². The van der Waals surface area contributed by atoms with Crippen LogP contribution in [0.1, 0.15) is 39.0 Å². The molecular formula is C11H19NO2. The highest BCUT2D eigenvalue weighted by atomic mass is 16.4. The molecule has 2 fully saturated rings. The van der Waals surface area contributed by atoms with Crippen LogP contribution in [0.25, 0.3) is 0 Å². The van der Waals surface area contributed by atoms with Gasteiger partial charge >= 0.3 is 5.97 Å². The SMILES string of the molecule is CC1CCCC1NC1CCC1C(=O)O. The number of carboxylic acids is 1. The van der Waals surface area contributed by atoms with Gasteiger partial charge in [-0.25, -0.2) is 0 Å². The van der Waals surface area contributed by atoms with E-state index in [1.807, 2.05) is 0 Å². The van der Waals surface area contributed by atoms with Crippen molar-refractivity contribution in [2.24, 2.45) is 11.8 Å². The molecule has 0 aliphatic heterocycles. The minimum absolute atomic E-state index is 0.122. The molecule has 2 N–H and O–H groups in total. The molecule has 0 radical (unpaired) electrons. The van der Waals surface area contributed by atoms with Gasteiger partial charge in [0.25, 0.3) is 0 Å². The topological polar surface area (TPSA) is 49.3 Å². The molecule has 0 heterocycles. The van der Waals surface area contributed by atoms with Crippen LogP contribution in [-0.4, -0.2) is 23.2 Å². The fourth-order valence-corrected chi connectivity index (χ4v) is 2.66. The number of rotatable bonds is 3. The van der Waals surface area contributed by atoms with Gasteiger partial charge in [-0.15, -0.1) is 0 Å². The Morgan fingerprint density at radius 1 is 1.21 bits per heavy atom. The van der Waals surface area contributed by atoms with Gasteiger partial charge in [-0.3, -0.25) is 4.79 Å².